The third kappa shape index (κ3) is 14.8. The van der Waals surface area contributed by atoms with Crippen molar-refractivity contribution in [2.24, 2.45) is 0 Å². The van der Waals surface area contributed by atoms with Crippen LogP contribution in [-0.4, -0.2) is 15.8 Å². The third-order valence-corrected chi connectivity index (χ3v) is 31.1. The summed E-state index contributed by atoms with van der Waals surface area (Å²) in [5.74, 6) is 1.30. The SMILES string of the molecule is [2H]c1c([2H])c([2H])c2c(c1[2H])c1c([2H])c(C(C)(C)C)c([2H])c([2H])c1n2-c1ccc2c(c1)N(c1c(-c3cccc(-c4ccccc4)c3)cc(C(C)(C)C)cc1-c1cccc(-c3ccccc3)c1)c1cc(-c3ccc4c(c3)Oc3ccccc3C43c4ccccc4-c4ccccc43)cc3c1B2c1ccc(-n2c4c([2H])c([2H])c([2H])c([2H])c4c4c([2H])c(C(C)(C)C)c([2H])c([2H])c42)cc1N3c1c(-c2cccc(-c3ccccc3)c2)cc(C(C)(C)C)cc1-c1cccc(-c2ccccc2)c1. The number of anilines is 6. The van der Waals surface area contributed by atoms with Crippen molar-refractivity contribution in [3.05, 3.63) is 511 Å². The van der Waals surface area contributed by atoms with Gasteiger partial charge >= 0.3 is 0 Å². The summed E-state index contributed by atoms with van der Waals surface area (Å²) in [5, 5.41) is 0.244. The van der Waals surface area contributed by atoms with Crippen LogP contribution in [-0.2, 0) is 27.1 Å². The van der Waals surface area contributed by atoms with Crippen LogP contribution >= 0.6 is 0 Å². The van der Waals surface area contributed by atoms with Crippen molar-refractivity contribution in [1.29, 1.82) is 0 Å². The van der Waals surface area contributed by atoms with Gasteiger partial charge in [0.1, 0.15) is 11.5 Å². The molecule has 5 heterocycles. The molecule has 1 spiro atoms. The first-order chi connectivity index (χ1) is 78.3. The Kier molecular flexibility index (Phi) is 17.6. The molecule has 5 nitrogen and oxygen atoms in total. The van der Waals surface area contributed by atoms with E-state index in [1.54, 1.807) is 9.13 Å². The topological polar surface area (TPSA) is 25.6 Å². The summed E-state index contributed by atoms with van der Waals surface area (Å²) in [5.41, 5.74) is 28.0. The van der Waals surface area contributed by atoms with Crippen molar-refractivity contribution in [2.45, 2.75) is 110 Å². The van der Waals surface area contributed by atoms with Crippen molar-refractivity contribution in [1.82, 2.24) is 9.13 Å². The minimum Gasteiger partial charge on any atom is -0.457 e. The molecule has 0 bridgehead atoms. The lowest BCUT2D eigenvalue weighted by Crippen LogP contribution is -2.61. The molecule has 4 aliphatic rings. The monoisotopic (exact) mass is 1930 g/mol. The van der Waals surface area contributed by atoms with Crippen LogP contribution in [0.15, 0.2) is 467 Å². The average molecular weight is 1930 g/mol. The van der Waals surface area contributed by atoms with E-state index in [9.17, 15) is 19.2 Å². The van der Waals surface area contributed by atoms with Crippen molar-refractivity contribution in [2.75, 3.05) is 9.80 Å². The number of rotatable bonds is 13. The zero-order valence-electron chi connectivity index (χ0n) is 99.1. The second-order valence-corrected chi connectivity index (χ2v) is 44.4. The van der Waals surface area contributed by atoms with Crippen LogP contribution in [0.4, 0.5) is 34.1 Å². The molecular weight excluding hydrogens is 1800 g/mol. The van der Waals surface area contributed by atoms with Gasteiger partial charge < -0.3 is 23.7 Å². The molecule has 27 rings (SSSR count). The van der Waals surface area contributed by atoms with Crippen molar-refractivity contribution >= 4 is 101 Å². The molecule has 0 saturated heterocycles. The Balaban J connectivity index is 0.880. The first-order valence-corrected chi connectivity index (χ1v) is 51.5. The van der Waals surface area contributed by atoms with Crippen LogP contribution in [0.5, 0.6) is 11.5 Å². The highest BCUT2D eigenvalue weighted by Crippen LogP contribution is 2.64. The predicted molar refractivity (Wildman–Crippen MR) is 630 cm³/mol. The maximum atomic E-state index is 10.7. The van der Waals surface area contributed by atoms with E-state index >= 15 is 0 Å². The summed E-state index contributed by atoms with van der Waals surface area (Å²) in [6.45, 7) is 24.0. The highest BCUT2D eigenvalue weighted by molar-refractivity contribution is 7.00. The van der Waals surface area contributed by atoms with Gasteiger partial charge in [0.25, 0.3) is 6.71 Å². The molecular formula is C143H113BN4O. The maximum Gasteiger partial charge on any atom is 0.252 e. The standard InChI is InChI=1S/C143H113BN4O/c1-139(2,3)104-66-73-128-118(82-104)112-57-27-32-62-126(112)145(128)108-68-71-124-130(88-108)147(137-114(99-51-35-47-94(75-99)90-39-17-13-18-40-90)84-106(141(7,8)9)85-115(137)100-52-36-48-95(76-100)91-41-19-14-20-42-91)132-79-103(98-65-70-123-135(81-98)149-134-64-34-31-61-122(134)143(123)120-59-29-25-55-110(120)111-56-26-30-60-121(111)143)80-133-136(132)144(124)125-72-69-109(146-127-63-33-28-58-113(127)119-83-105(140(4,5)6)67-74-129(119)146)89-131(125)148(133)138-116(101-53-37-49-96(77-101)92-43-21-15-22-44-92)86-107(142(10,11)12)87-117(138)102-54-38-50-97(78-102)93-45-23-16-24-46-93/h13-89H,1-12H3/i27D,28D,32D,33D,57D,58D,62D,63D,66D,67D,73D,74D,82D,83D. The molecule has 21 aromatic carbocycles. The fraction of sp³-hybridized carbons (Fsp3) is 0.119. The van der Waals surface area contributed by atoms with Gasteiger partial charge in [-0.1, -0.05) is 417 Å². The van der Waals surface area contributed by atoms with E-state index in [2.05, 4.69) is 391 Å². The Bertz CT molecular complexity index is 9610. The second kappa shape index (κ2) is 34.4. The minimum atomic E-state index is -0.913. The Morgan fingerprint density at radius 3 is 0.953 bits per heavy atom. The van der Waals surface area contributed by atoms with Gasteiger partial charge in [-0.2, -0.15) is 0 Å². The van der Waals surface area contributed by atoms with Gasteiger partial charge in [0.05, 0.1) is 58.0 Å². The van der Waals surface area contributed by atoms with Gasteiger partial charge in [0.15, 0.2) is 0 Å². The summed E-state index contributed by atoms with van der Waals surface area (Å²) in [6.07, 6.45) is 0. The number of para-hydroxylation sites is 3. The van der Waals surface area contributed by atoms with E-state index in [-0.39, 0.29) is 91.0 Å². The van der Waals surface area contributed by atoms with Crippen LogP contribution in [0.2, 0.25) is 0 Å². The molecule has 714 valence electrons. The maximum absolute atomic E-state index is 10.7. The molecule has 0 atom stereocenters. The van der Waals surface area contributed by atoms with Gasteiger partial charge in [-0.05, 0) is 294 Å². The van der Waals surface area contributed by atoms with Gasteiger partial charge in [-0.15, -0.1) is 0 Å². The Morgan fingerprint density at radius 1 is 0.235 bits per heavy atom. The number of benzene rings is 21. The van der Waals surface area contributed by atoms with E-state index in [1.807, 2.05) is 84.0 Å². The summed E-state index contributed by atoms with van der Waals surface area (Å²) >= 11 is 0. The van der Waals surface area contributed by atoms with Crippen LogP contribution in [0, 0.1) is 0 Å². The normalized spacial score (nSPS) is 14.6. The molecule has 6 heteroatoms. The highest BCUT2D eigenvalue weighted by Gasteiger charge is 2.52. The van der Waals surface area contributed by atoms with E-state index < -0.39 is 82.1 Å². The molecule has 1 aliphatic carbocycles. The highest BCUT2D eigenvalue weighted by atomic mass is 16.5. The van der Waals surface area contributed by atoms with Gasteiger partial charge in [0.2, 0.25) is 0 Å². The van der Waals surface area contributed by atoms with Crippen molar-refractivity contribution < 1.29 is 23.9 Å². The molecule has 23 aromatic rings. The smallest absolute Gasteiger partial charge is 0.252 e. The Labute approximate surface area is 893 Å². The predicted octanol–water partition coefficient (Wildman–Crippen LogP) is 36.6. The molecule has 149 heavy (non-hydrogen) atoms. The molecule has 2 aromatic heterocycles. The summed E-state index contributed by atoms with van der Waals surface area (Å²) in [6, 6.07) is 131. The molecule has 0 amide bonds. The number of fused-ring (bicyclic) bond motifs is 19. The van der Waals surface area contributed by atoms with Crippen molar-refractivity contribution in [3.63, 3.8) is 0 Å². The number of hydrogen-bond donors (Lipinski definition) is 0. The summed E-state index contributed by atoms with van der Waals surface area (Å²) in [7, 11) is 0. The van der Waals surface area contributed by atoms with E-state index in [1.165, 1.54) is 0 Å². The molecule has 0 N–H and O–H groups in total. The Morgan fingerprint density at radius 2 is 0.564 bits per heavy atom. The quantitative estimate of drug-likeness (QED) is 0.108. The average Bonchev–Trinajstić information content (AvgIpc) is 1.50. The lowest BCUT2D eigenvalue weighted by atomic mass is 9.33. The van der Waals surface area contributed by atoms with Crippen LogP contribution in [0.25, 0.3) is 166 Å². The largest absolute Gasteiger partial charge is 0.457 e. The number of nitrogens with zero attached hydrogens (tertiary/aromatic N) is 4. The van der Waals surface area contributed by atoms with E-state index in [0.29, 0.717) is 51.2 Å². The lowest BCUT2D eigenvalue weighted by Gasteiger charge is -2.46. The van der Waals surface area contributed by atoms with Gasteiger partial charge in [0, 0.05) is 89.0 Å². The second-order valence-electron chi connectivity index (χ2n) is 44.4. The Hall–Kier alpha value is -17.3. The van der Waals surface area contributed by atoms with Crippen molar-refractivity contribution in [3.8, 4) is 134 Å². The third-order valence-electron chi connectivity index (χ3n) is 31.1. The molecule has 0 radical (unpaired) electrons. The van der Waals surface area contributed by atoms with Gasteiger partial charge in [-0.3, -0.25) is 0 Å². The lowest BCUT2D eigenvalue weighted by molar-refractivity contribution is 0.436. The molecule has 0 saturated carbocycles. The molecule has 3 aliphatic heterocycles. The fourth-order valence-electron chi connectivity index (χ4n) is 23.7. The summed E-state index contributed by atoms with van der Waals surface area (Å²) < 4.78 is 155. The minimum absolute atomic E-state index is 0.00468. The number of aromatic nitrogens is 2. The van der Waals surface area contributed by atoms with E-state index in [0.717, 1.165) is 167 Å². The summed E-state index contributed by atoms with van der Waals surface area (Å²) in [4.78, 5) is 4.89. The molecule has 0 fully saturated rings. The van der Waals surface area contributed by atoms with E-state index in [4.69, 9.17) is 4.74 Å². The number of hydrogen-bond acceptors (Lipinski definition) is 3. The first-order valence-electron chi connectivity index (χ1n) is 58.5. The van der Waals surface area contributed by atoms with Crippen LogP contribution < -0.4 is 30.9 Å². The van der Waals surface area contributed by atoms with Crippen LogP contribution in [0.1, 0.15) is 147 Å². The zero-order chi connectivity index (χ0) is 113. The zero-order valence-corrected chi connectivity index (χ0v) is 85.1. The first kappa shape index (κ1) is 76.3. The van der Waals surface area contributed by atoms with Crippen LogP contribution in [0.3, 0.4) is 0 Å². The number of ether oxygens (including phenoxy) is 1. The fourth-order valence-corrected chi connectivity index (χ4v) is 23.7. The molecule has 0 unspecified atom stereocenters. The van der Waals surface area contributed by atoms with Gasteiger partial charge in [-0.25, -0.2) is 0 Å².